The van der Waals surface area contributed by atoms with E-state index in [9.17, 15) is 4.79 Å². The van der Waals surface area contributed by atoms with Crippen molar-refractivity contribution in [1.29, 1.82) is 0 Å². The van der Waals surface area contributed by atoms with Crippen molar-refractivity contribution in [3.05, 3.63) is 42.5 Å². The second-order valence-electron chi connectivity index (χ2n) is 3.71. The molecule has 0 radical (unpaired) electrons. The number of para-hydroxylation sites is 1. The molecule has 0 aliphatic carbocycles. The van der Waals surface area contributed by atoms with Gasteiger partial charge >= 0.3 is 0 Å². The molecule has 0 heterocycles. The van der Waals surface area contributed by atoms with Crippen molar-refractivity contribution in [1.82, 2.24) is 10.6 Å². The summed E-state index contributed by atoms with van der Waals surface area (Å²) in [4.78, 5) is 11.9. The zero-order valence-corrected chi connectivity index (χ0v) is 12.0. The Hall–Kier alpha value is -1.52. The predicted molar refractivity (Wildman–Crippen MR) is 80.3 cm³/mol. The lowest BCUT2D eigenvalue weighted by atomic mass is 10.2. The number of likely N-dealkylation sites (N-methyl/N-ethyl adjacent to an activating group) is 1. The summed E-state index contributed by atoms with van der Waals surface area (Å²) in [5, 5.41) is 5.99. The molecule has 0 atom stereocenters. The highest BCUT2D eigenvalue weighted by atomic mass is 35.5. The highest BCUT2D eigenvalue weighted by molar-refractivity contribution is 5.96. The molecule has 4 nitrogen and oxygen atoms in total. The SMILES string of the molecule is C=CCOc1ccccc1C(=O)NCCNCC.Cl. The molecule has 0 saturated carbocycles. The van der Waals surface area contributed by atoms with Crippen LogP contribution in [0.3, 0.4) is 0 Å². The van der Waals surface area contributed by atoms with E-state index >= 15 is 0 Å². The maximum atomic E-state index is 11.9. The number of ether oxygens (including phenoxy) is 1. The number of amides is 1. The highest BCUT2D eigenvalue weighted by Crippen LogP contribution is 2.17. The molecule has 0 aromatic heterocycles. The monoisotopic (exact) mass is 284 g/mol. The Balaban J connectivity index is 0.00000324. The minimum atomic E-state index is -0.118. The Morgan fingerprint density at radius 3 is 2.79 bits per heavy atom. The summed E-state index contributed by atoms with van der Waals surface area (Å²) in [7, 11) is 0. The van der Waals surface area contributed by atoms with Crippen molar-refractivity contribution in [2.75, 3.05) is 26.2 Å². The topological polar surface area (TPSA) is 50.4 Å². The second-order valence-corrected chi connectivity index (χ2v) is 3.71. The number of nitrogens with one attached hydrogen (secondary N) is 2. The fourth-order valence-electron chi connectivity index (χ4n) is 1.47. The van der Waals surface area contributed by atoms with Crippen LogP contribution < -0.4 is 15.4 Å². The minimum Gasteiger partial charge on any atom is -0.489 e. The molecule has 0 spiro atoms. The summed E-state index contributed by atoms with van der Waals surface area (Å²) in [6.45, 7) is 8.26. The van der Waals surface area contributed by atoms with E-state index in [4.69, 9.17) is 4.74 Å². The van der Waals surface area contributed by atoms with Crippen LogP contribution in [0.25, 0.3) is 0 Å². The number of carbonyl (C=O) groups is 1. The van der Waals surface area contributed by atoms with Crippen LogP contribution in [0, 0.1) is 0 Å². The number of benzene rings is 1. The van der Waals surface area contributed by atoms with Crippen LogP contribution in [0.15, 0.2) is 36.9 Å². The molecule has 0 aliphatic heterocycles. The van der Waals surface area contributed by atoms with Gasteiger partial charge in [-0.15, -0.1) is 12.4 Å². The molecular formula is C14H21ClN2O2. The molecule has 0 fully saturated rings. The van der Waals surface area contributed by atoms with E-state index < -0.39 is 0 Å². The van der Waals surface area contributed by atoms with Gasteiger partial charge in [0.1, 0.15) is 12.4 Å². The highest BCUT2D eigenvalue weighted by Gasteiger charge is 2.10. The average molecular weight is 285 g/mol. The van der Waals surface area contributed by atoms with Crippen LogP contribution in [0.1, 0.15) is 17.3 Å². The summed E-state index contributed by atoms with van der Waals surface area (Å²) < 4.78 is 5.44. The van der Waals surface area contributed by atoms with Gasteiger partial charge in [0.15, 0.2) is 0 Å². The smallest absolute Gasteiger partial charge is 0.255 e. The van der Waals surface area contributed by atoms with Crippen molar-refractivity contribution in [3.8, 4) is 5.75 Å². The molecule has 0 unspecified atom stereocenters. The fourth-order valence-corrected chi connectivity index (χ4v) is 1.47. The number of hydrogen-bond donors (Lipinski definition) is 2. The summed E-state index contributed by atoms with van der Waals surface area (Å²) >= 11 is 0. The average Bonchev–Trinajstić information content (AvgIpc) is 2.41. The van der Waals surface area contributed by atoms with Gasteiger partial charge < -0.3 is 15.4 Å². The number of rotatable bonds is 8. The minimum absolute atomic E-state index is 0. The van der Waals surface area contributed by atoms with E-state index in [2.05, 4.69) is 17.2 Å². The molecule has 0 aliphatic rings. The molecule has 1 aromatic carbocycles. The predicted octanol–water partition coefficient (Wildman–Crippen LogP) is 2.01. The van der Waals surface area contributed by atoms with Gasteiger partial charge in [-0.05, 0) is 18.7 Å². The van der Waals surface area contributed by atoms with Gasteiger partial charge in [-0.2, -0.15) is 0 Å². The van der Waals surface area contributed by atoms with Crippen LogP contribution in [-0.2, 0) is 0 Å². The van der Waals surface area contributed by atoms with Crippen LogP contribution >= 0.6 is 12.4 Å². The zero-order chi connectivity index (χ0) is 13.2. The Bertz CT molecular complexity index is 397. The molecule has 106 valence electrons. The molecule has 5 heteroatoms. The van der Waals surface area contributed by atoms with Crippen molar-refractivity contribution >= 4 is 18.3 Å². The Kier molecular flexibility index (Phi) is 9.57. The van der Waals surface area contributed by atoms with Gasteiger partial charge in [0.2, 0.25) is 0 Å². The summed E-state index contributed by atoms with van der Waals surface area (Å²) in [5.74, 6) is 0.464. The molecule has 1 aromatic rings. The largest absolute Gasteiger partial charge is 0.489 e. The van der Waals surface area contributed by atoms with E-state index in [0.29, 0.717) is 24.5 Å². The quantitative estimate of drug-likeness (QED) is 0.567. The molecular weight excluding hydrogens is 264 g/mol. The normalized spacial score (nSPS) is 9.32. The number of halogens is 1. The molecule has 0 saturated heterocycles. The van der Waals surface area contributed by atoms with Crippen LogP contribution in [0.4, 0.5) is 0 Å². The molecule has 0 bridgehead atoms. The van der Waals surface area contributed by atoms with Crippen molar-refractivity contribution < 1.29 is 9.53 Å². The standard InChI is InChI=1S/C14H20N2O2.ClH/c1-3-11-18-13-8-6-5-7-12(13)14(17)16-10-9-15-4-2;/h3,5-8,15H,1,4,9-11H2,2H3,(H,16,17);1H. The van der Waals surface area contributed by atoms with Gasteiger partial charge in [0.25, 0.3) is 5.91 Å². The third kappa shape index (κ3) is 6.27. The van der Waals surface area contributed by atoms with Crippen LogP contribution in [0.2, 0.25) is 0 Å². The Morgan fingerprint density at radius 2 is 2.11 bits per heavy atom. The number of carbonyl (C=O) groups excluding carboxylic acids is 1. The lowest BCUT2D eigenvalue weighted by Crippen LogP contribution is -2.31. The first-order valence-electron chi connectivity index (χ1n) is 6.11. The molecule has 1 rings (SSSR count). The van der Waals surface area contributed by atoms with Crippen LogP contribution in [0.5, 0.6) is 5.75 Å². The molecule has 19 heavy (non-hydrogen) atoms. The van der Waals surface area contributed by atoms with Crippen LogP contribution in [-0.4, -0.2) is 32.1 Å². The number of hydrogen-bond acceptors (Lipinski definition) is 3. The fraction of sp³-hybridized carbons (Fsp3) is 0.357. The Labute approximate surface area is 120 Å². The first-order chi connectivity index (χ1) is 8.79. The summed E-state index contributed by atoms with van der Waals surface area (Å²) in [5.41, 5.74) is 0.552. The van der Waals surface area contributed by atoms with Gasteiger partial charge in [-0.25, -0.2) is 0 Å². The van der Waals surface area contributed by atoms with Crippen molar-refractivity contribution in [2.24, 2.45) is 0 Å². The van der Waals surface area contributed by atoms with Gasteiger partial charge in [0.05, 0.1) is 5.56 Å². The van der Waals surface area contributed by atoms with E-state index in [0.717, 1.165) is 13.1 Å². The first-order valence-corrected chi connectivity index (χ1v) is 6.11. The molecule has 2 N–H and O–H groups in total. The maximum absolute atomic E-state index is 11.9. The van der Waals surface area contributed by atoms with E-state index in [-0.39, 0.29) is 18.3 Å². The Morgan fingerprint density at radius 1 is 1.37 bits per heavy atom. The lowest BCUT2D eigenvalue weighted by Gasteiger charge is -2.10. The summed E-state index contributed by atoms with van der Waals surface area (Å²) in [6.07, 6.45) is 1.65. The van der Waals surface area contributed by atoms with Crippen molar-refractivity contribution in [2.45, 2.75) is 6.92 Å². The van der Waals surface area contributed by atoms with Gasteiger partial charge in [-0.1, -0.05) is 31.7 Å². The van der Waals surface area contributed by atoms with E-state index in [1.807, 2.05) is 19.1 Å². The third-order valence-corrected chi connectivity index (χ3v) is 2.33. The zero-order valence-electron chi connectivity index (χ0n) is 11.1. The third-order valence-electron chi connectivity index (χ3n) is 2.33. The maximum Gasteiger partial charge on any atom is 0.255 e. The van der Waals surface area contributed by atoms with E-state index in [1.165, 1.54) is 0 Å². The first kappa shape index (κ1) is 17.5. The summed E-state index contributed by atoms with van der Waals surface area (Å²) in [6, 6.07) is 7.19. The van der Waals surface area contributed by atoms with Gasteiger partial charge in [0, 0.05) is 13.1 Å². The lowest BCUT2D eigenvalue weighted by molar-refractivity contribution is 0.0950. The van der Waals surface area contributed by atoms with E-state index in [1.54, 1.807) is 18.2 Å². The van der Waals surface area contributed by atoms with Gasteiger partial charge in [-0.3, -0.25) is 4.79 Å². The molecule has 1 amide bonds. The second kappa shape index (κ2) is 10.4. The van der Waals surface area contributed by atoms with Crippen molar-refractivity contribution in [3.63, 3.8) is 0 Å².